The molecule has 5 nitrogen and oxygen atoms in total. The second-order valence-electron chi connectivity index (χ2n) is 7.12. The molecule has 2 aromatic heterocycles. The first-order valence-electron chi connectivity index (χ1n) is 9.38. The number of Topliss-reactive ketones (excluding diaryl/α,β-unsaturated/α-hetero) is 1. The summed E-state index contributed by atoms with van der Waals surface area (Å²) in [6, 6.07) is 12.3. The molecule has 7 heteroatoms. The number of nitrogens with one attached hydrogen (secondary N) is 1. The van der Waals surface area contributed by atoms with Crippen molar-refractivity contribution in [2.45, 2.75) is 36.7 Å². The number of rotatable bonds is 4. The van der Waals surface area contributed by atoms with Crippen LogP contribution in [0.5, 0.6) is 0 Å². The zero-order chi connectivity index (χ0) is 19.1. The van der Waals surface area contributed by atoms with E-state index in [1.807, 2.05) is 22.9 Å². The fourth-order valence-electron chi connectivity index (χ4n) is 3.89. The molecule has 5 rings (SSSR count). The maximum Gasteiger partial charge on any atom is 0.227 e. The lowest BCUT2D eigenvalue weighted by Gasteiger charge is -2.35. The summed E-state index contributed by atoms with van der Waals surface area (Å²) in [6.45, 7) is 2.10. The number of hydrogen-bond acceptors (Lipinski definition) is 6. The first-order chi connectivity index (χ1) is 13.7. The number of fused-ring (bicyclic) bond motifs is 2. The van der Waals surface area contributed by atoms with E-state index in [0.717, 1.165) is 29.0 Å². The third kappa shape index (κ3) is 3.08. The minimum atomic E-state index is -0.202. The van der Waals surface area contributed by atoms with Crippen LogP contribution in [0, 0.1) is 12.8 Å². The molecule has 0 fully saturated rings. The van der Waals surface area contributed by atoms with Gasteiger partial charge in [0.15, 0.2) is 0 Å². The molecule has 0 radical (unpaired) electrons. The Balaban J connectivity index is 1.52. The van der Waals surface area contributed by atoms with Gasteiger partial charge in [0.25, 0.3) is 0 Å². The highest BCUT2D eigenvalue weighted by molar-refractivity contribution is 7.98. The van der Waals surface area contributed by atoms with Gasteiger partial charge in [0.05, 0.1) is 5.92 Å². The lowest BCUT2D eigenvalue weighted by atomic mass is 9.82. The van der Waals surface area contributed by atoms with Gasteiger partial charge in [-0.2, -0.15) is 4.98 Å². The maximum atomic E-state index is 12.8. The molecule has 1 N–H and O–H groups in total. The number of nitrogens with zero attached hydrogens (tertiary/aromatic N) is 3. The van der Waals surface area contributed by atoms with Crippen molar-refractivity contribution >= 4 is 34.8 Å². The third-order valence-electron chi connectivity index (χ3n) is 5.27. The fraction of sp³-hybridized carbons (Fsp3) is 0.286. The number of hydrogen-bond donors (Lipinski definition) is 1. The Morgan fingerprint density at radius 2 is 2.14 bits per heavy atom. The van der Waals surface area contributed by atoms with Gasteiger partial charge < -0.3 is 5.32 Å². The number of benzene rings is 1. The molecule has 28 heavy (non-hydrogen) atoms. The SMILES string of the molecule is Cc1ccsc1[C@@H]1[C@H]2C(=O)CCC=C2Nc2nc(SCc3ccccc3)nn21. The smallest absolute Gasteiger partial charge is 0.227 e. The summed E-state index contributed by atoms with van der Waals surface area (Å²) in [5, 5.41) is 11.0. The normalized spacial score (nSPS) is 20.9. The van der Waals surface area contributed by atoms with E-state index in [-0.39, 0.29) is 17.7 Å². The van der Waals surface area contributed by atoms with E-state index < -0.39 is 0 Å². The molecule has 2 atom stereocenters. The minimum Gasteiger partial charge on any atom is -0.328 e. The fourth-order valence-corrected chi connectivity index (χ4v) is 5.72. The molecule has 0 spiro atoms. The van der Waals surface area contributed by atoms with E-state index in [0.29, 0.717) is 6.42 Å². The average Bonchev–Trinajstić information content (AvgIpc) is 3.31. The Morgan fingerprint density at radius 1 is 1.29 bits per heavy atom. The van der Waals surface area contributed by atoms with Crippen molar-refractivity contribution in [3.8, 4) is 0 Å². The molecular formula is C21H20N4OS2. The van der Waals surface area contributed by atoms with Crippen LogP contribution < -0.4 is 5.32 Å². The number of thioether (sulfide) groups is 1. The van der Waals surface area contributed by atoms with Crippen LogP contribution in [0.25, 0.3) is 0 Å². The summed E-state index contributed by atoms with van der Waals surface area (Å²) in [7, 11) is 0. The van der Waals surface area contributed by atoms with Crippen molar-refractivity contribution in [1.82, 2.24) is 14.8 Å². The van der Waals surface area contributed by atoms with Crippen LogP contribution in [0.2, 0.25) is 0 Å². The molecular weight excluding hydrogens is 388 g/mol. The number of aryl methyl sites for hydroxylation is 1. The number of aromatic nitrogens is 3. The van der Waals surface area contributed by atoms with Gasteiger partial charge in [0, 0.05) is 22.7 Å². The summed E-state index contributed by atoms with van der Waals surface area (Å²) in [6.07, 6.45) is 3.53. The second-order valence-corrected chi connectivity index (χ2v) is 9.01. The van der Waals surface area contributed by atoms with Crippen molar-refractivity contribution in [2.24, 2.45) is 5.92 Å². The van der Waals surface area contributed by atoms with E-state index in [1.165, 1.54) is 16.0 Å². The van der Waals surface area contributed by atoms with Crippen molar-refractivity contribution < 1.29 is 4.79 Å². The topological polar surface area (TPSA) is 59.8 Å². The van der Waals surface area contributed by atoms with Crippen LogP contribution in [0.3, 0.4) is 0 Å². The highest BCUT2D eigenvalue weighted by Gasteiger charge is 2.42. The summed E-state index contributed by atoms with van der Waals surface area (Å²) < 4.78 is 1.93. The van der Waals surface area contributed by atoms with Gasteiger partial charge >= 0.3 is 0 Å². The monoisotopic (exact) mass is 408 g/mol. The lowest BCUT2D eigenvalue weighted by Crippen LogP contribution is -2.38. The minimum absolute atomic E-state index is 0.117. The predicted molar refractivity (Wildman–Crippen MR) is 113 cm³/mol. The molecule has 2 aliphatic rings. The molecule has 3 aromatic rings. The Kier molecular flexibility index (Phi) is 4.56. The van der Waals surface area contributed by atoms with Crippen LogP contribution in [0.4, 0.5) is 5.95 Å². The number of allylic oxidation sites excluding steroid dienone is 2. The first-order valence-corrected chi connectivity index (χ1v) is 11.2. The predicted octanol–water partition coefficient (Wildman–Crippen LogP) is 4.82. The molecule has 1 aliphatic heterocycles. The Hall–Kier alpha value is -2.38. The van der Waals surface area contributed by atoms with Crippen LogP contribution >= 0.6 is 23.1 Å². The Labute approximate surface area is 171 Å². The molecule has 0 bridgehead atoms. The molecule has 0 saturated carbocycles. The summed E-state index contributed by atoms with van der Waals surface area (Å²) in [5.74, 6) is 1.62. The molecule has 1 aromatic carbocycles. The molecule has 3 heterocycles. The lowest BCUT2D eigenvalue weighted by molar-refractivity contribution is -0.123. The highest BCUT2D eigenvalue weighted by Crippen LogP contribution is 2.44. The average molecular weight is 409 g/mol. The summed E-state index contributed by atoms with van der Waals surface area (Å²) in [4.78, 5) is 18.8. The number of carbonyl (C=O) groups is 1. The Bertz CT molecular complexity index is 1050. The molecule has 142 valence electrons. The number of anilines is 1. The molecule has 0 saturated heterocycles. The van der Waals surface area contributed by atoms with E-state index in [4.69, 9.17) is 10.1 Å². The summed E-state index contributed by atoms with van der Waals surface area (Å²) in [5.41, 5.74) is 3.42. The largest absolute Gasteiger partial charge is 0.328 e. The maximum absolute atomic E-state index is 12.8. The van der Waals surface area contributed by atoms with Gasteiger partial charge in [-0.05, 0) is 35.9 Å². The van der Waals surface area contributed by atoms with Crippen molar-refractivity contribution in [1.29, 1.82) is 0 Å². The molecule has 1 aliphatic carbocycles. The van der Waals surface area contributed by atoms with Gasteiger partial charge in [-0.15, -0.1) is 16.4 Å². The van der Waals surface area contributed by atoms with Crippen molar-refractivity contribution in [2.75, 3.05) is 5.32 Å². The van der Waals surface area contributed by atoms with E-state index in [1.54, 1.807) is 23.1 Å². The van der Waals surface area contributed by atoms with E-state index >= 15 is 0 Å². The summed E-state index contributed by atoms with van der Waals surface area (Å²) >= 11 is 3.31. The first kappa shape index (κ1) is 17.7. The second kappa shape index (κ2) is 7.22. The van der Waals surface area contributed by atoms with Gasteiger partial charge in [-0.3, -0.25) is 4.79 Å². The van der Waals surface area contributed by atoms with Gasteiger partial charge in [0.2, 0.25) is 11.1 Å². The quantitative estimate of drug-likeness (QED) is 0.627. The van der Waals surface area contributed by atoms with Gasteiger partial charge in [-0.1, -0.05) is 48.2 Å². The number of carbonyl (C=O) groups excluding carboxylic acids is 1. The van der Waals surface area contributed by atoms with Gasteiger partial charge in [0.1, 0.15) is 11.8 Å². The number of ketones is 1. The zero-order valence-corrected chi connectivity index (χ0v) is 17.1. The van der Waals surface area contributed by atoms with Crippen molar-refractivity contribution in [3.05, 3.63) is 69.6 Å². The van der Waals surface area contributed by atoms with Crippen LogP contribution in [-0.4, -0.2) is 20.5 Å². The van der Waals surface area contributed by atoms with Gasteiger partial charge in [-0.25, -0.2) is 4.68 Å². The number of thiophene rings is 1. The third-order valence-corrected chi connectivity index (χ3v) is 7.26. The van der Waals surface area contributed by atoms with Crippen LogP contribution in [-0.2, 0) is 10.5 Å². The van der Waals surface area contributed by atoms with Crippen molar-refractivity contribution in [3.63, 3.8) is 0 Å². The van der Waals surface area contributed by atoms with E-state index in [9.17, 15) is 4.79 Å². The highest BCUT2D eigenvalue weighted by atomic mass is 32.2. The van der Waals surface area contributed by atoms with Crippen LogP contribution in [0.15, 0.2) is 58.7 Å². The zero-order valence-electron chi connectivity index (χ0n) is 15.5. The Morgan fingerprint density at radius 3 is 2.93 bits per heavy atom. The standard InChI is InChI=1S/C21H20N4OS2/c1-13-10-11-27-19(13)18-17-15(8-5-9-16(17)26)22-20-23-21(24-25(18)20)28-12-14-6-3-2-4-7-14/h2-4,6-8,10-11,17-18H,5,9,12H2,1H3,(H,22,23,24)/t17-,18+/m1/s1. The van der Waals surface area contributed by atoms with E-state index in [2.05, 4.69) is 41.9 Å². The molecule has 0 unspecified atom stereocenters. The molecule has 0 amide bonds. The van der Waals surface area contributed by atoms with Crippen LogP contribution in [0.1, 0.15) is 34.9 Å².